The molecular formula is C15H22N2O2. The summed E-state index contributed by atoms with van der Waals surface area (Å²) in [6, 6.07) is 7.89. The van der Waals surface area contributed by atoms with E-state index in [1.165, 1.54) is 0 Å². The Hall–Kier alpha value is -1.55. The van der Waals surface area contributed by atoms with Crippen LogP contribution in [0.1, 0.15) is 37.0 Å². The molecule has 1 fully saturated rings. The SMILES string of the molecule is CCOc1ccccc1C(=O)N[C@@H]1CCCN[C@@H]1C. The molecule has 19 heavy (non-hydrogen) atoms. The molecule has 1 amide bonds. The molecule has 0 saturated carbocycles. The standard InChI is InChI=1S/C15H22N2O2/c1-3-19-14-9-5-4-7-12(14)15(18)17-13-8-6-10-16-11(13)2/h4-5,7,9,11,13,16H,3,6,8,10H2,1-2H3,(H,17,18)/t11-,13-/m1/s1. The van der Waals surface area contributed by atoms with E-state index in [4.69, 9.17) is 4.74 Å². The third-order valence-electron chi connectivity index (χ3n) is 3.51. The molecule has 1 aromatic carbocycles. The summed E-state index contributed by atoms with van der Waals surface area (Å²) in [5.41, 5.74) is 0.613. The van der Waals surface area contributed by atoms with E-state index in [2.05, 4.69) is 17.6 Å². The Kier molecular flexibility index (Phi) is 4.80. The Balaban J connectivity index is 2.06. The van der Waals surface area contributed by atoms with Gasteiger partial charge in [-0.05, 0) is 45.4 Å². The largest absolute Gasteiger partial charge is 0.493 e. The molecule has 2 atom stereocenters. The third-order valence-corrected chi connectivity index (χ3v) is 3.51. The van der Waals surface area contributed by atoms with E-state index in [-0.39, 0.29) is 11.9 Å². The van der Waals surface area contributed by atoms with Gasteiger partial charge in [0.05, 0.1) is 12.2 Å². The molecular weight excluding hydrogens is 240 g/mol. The number of amides is 1. The summed E-state index contributed by atoms with van der Waals surface area (Å²) in [6.45, 7) is 5.62. The van der Waals surface area contributed by atoms with Crippen LogP contribution in [0.25, 0.3) is 0 Å². The first-order valence-corrected chi connectivity index (χ1v) is 6.98. The molecule has 1 heterocycles. The molecule has 0 spiro atoms. The first-order valence-electron chi connectivity index (χ1n) is 6.98. The van der Waals surface area contributed by atoms with Gasteiger partial charge in [0.15, 0.2) is 0 Å². The van der Waals surface area contributed by atoms with E-state index in [9.17, 15) is 4.79 Å². The fraction of sp³-hybridized carbons (Fsp3) is 0.533. The number of nitrogens with one attached hydrogen (secondary N) is 2. The molecule has 0 bridgehead atoms. The Bertz CT molecular complexity index is 434. The van der Waals surface area contributed by atoms with E-state index in [1.54, 1.807) is 6.07 Å². The highest BCUT2D eigenvalue weighted by molar-refractivity contribution is 5.97. The molecule has 2 rings (SSSR count). The number of hydrogen-bond acceptors (Lipinski definition) is 3. The van der Waals surface area contributed by atoms with E-state index in [0.29, 0.717) is 24.0 Å². The number of carbonyl (C=O) groups is 1. The summed E-state index contributed by atoms with van der Waals surface area (Å²) in [6.07, 6.45) is 2.12. The van der Waals surface area contributed by atoms with Crippen LogP contribution in [-0.4, -0.2) is 31.1 Å². The molecule has 1 aliphatic heterocycles. The number of piperidine rings is 1. The summed E-state index contributed by atoms with van der Waals surface area (Å²) in [5.74, 6) is 0.600. The van der Waals surface area contributed by atoms with Crippen LogP contribution in [-0.2, 0) is 0 Å². The number of para-hydroxylation sites is 1. The van der Waals surface area contributed by atoms with Crippen LogP contribution in [0.3, 0.4) is 0 Å². The number of benzene rings is 1. The summed E-state index contributed by atoms with van der Waals surface area (Å²) in [5, 5.41) is 6.48. The molecule has 2 N–H and O–H groups in total. The van der Waals surface area contributed by atoms with Crippen molar-refractivity contribution in [3.63, 3.8) is 0 Å². The monoisotopic (exact) mass is 262 g/mol. The smallest absolute Gasteiger partial charge is 0.255 e. The maximum atomic E-state index is 12.3. The molecule has 0 radical (unpaired) electrons. The quantitative estimate of drug-likeness (QED) is 0.872. The molecule has 1 saturated heterocycles. The maximum absolute atomic E-state index is 12.3. The molecule has 104 valence electrons. The van der Waals surface area contributed by atoms with Gasteiger partial charge in [-0.15, -0.1) is 0 Å². The average Bonchev–Trinajstić information content (AvgIpc) is 2.42. The lowest BCUT2D eigenvalue weighted by Crippen LogP contribution is -2.51. The number of rotatable bonds is 4. The summed E-state index contributed by atoms with van der Waals surface area (Å²) in [7, 11) is 0. The lowest BCUT2D eigenvalue weighted by Gasteiger charge is -2.30. The van der Waals surface area contributed by atoms with Crippen molar-refractivity contribution in [3.8, 4) is 5.75 Å². The lowest BCUT2D eigenvalue weighted by atomic mass is 9.99. The predicted molar refractivity (Wildman–Crippen MR) is 75.6 cm³/mol. The number of carbonyl (C=O) groups excluding carboxylic acids is 1. The fourth-order valence-corrected chi connectivity index (χ4v) is 2.42. The number of ether oxygens (including phenoxy) is 1. The van der Waals surface area contributed by atoms with Crippen molar-refractivity contribution in [1.82, 2.24) is 10.6 Å². The Morgan fingerprint density at radius 1 is 1.47 bits per heavy atom. The normalized spacial score (nSPS) is 22.8. The minimum atomic E-state index is -0.0513. The second kappa shape index (κ2) is 6.57. The van der Waals surface area contributed by atoms with Gasteiger partial charge in [0.2, 0.25) is 0 Å². The second-order valence-electron chi connectivity index (χ2n) is 4.89. The van der Waals surface area contributed by atoms with E-state index < -0.39 is 0 Å². The van der Waals surface area contributed by atoms with E-state index in [1.807, 2.05) is 25.1 Å². The zero-order valence-corrected chi connectivity index (χ0v) is 11.6. The molecule has 1 aliphatic rings. The third kappa shape index (κ3) is 3.47. The van der Waals surface area contributed by atoms with Crippen molar-refractivity contribution in [3.05, 3.63) is 29.8 Å². The van der Waals surface area contributed by atoms with Gasteiger partial charge in [0, 0.05) is 12.1 Å². The predicted octanol–water partition coefficient (Wildman–Crippen LogP) is 1.96. The van der Waals surface area contributed by atoms with Crippen molar-refractivity contribution < 1.29 is 9.53 Å². The minimum Gasteiger partial charge on any atom is -0.493 e. The van der Waals surface area contributed by atoms with Gasteiger partial charge in [-0.3, -0.25) is 4.79 Å². The van der Waals surface area contributed by atoms with Crippen LogP contribution in [0.15, 0.2) is 24.3 Å². The summed E-state index contributed by atoms with van der Waals surface area (Å²) < 4.78 is 5.50. The van der Waals surface area contributed by atoms with Crippen LogP contribution < -0.4 is 15.4 Å². The van der Waals surface area contributed by atoms with Crippen LogP contribution in [0.5, 0.6) is 5.75 Å². The highest BCUT2D eigenvalue weighted by Gasteiger charge is 2.23. The summed E-state index contributed by atoms with van der Waals surface area (Å²) in [4.78, 5) is 12.3. The Morgan fingerprint density at radius 3 is 3.00 bits per heavy atom. The zero-order valence-electron chi connectivity index (χ0n) is 11.6. The molecule has 0 aliphatic carbocycles. The van der Waals surface area contributed by atoms with Gasteiger partial charge in [0.25, 0.3) is 5.91 Å². The Morgan fingerprint density at radius 2 is 2.26 bits per heavy atom. The van der Waals surface area contributed by atoms with Gasteiger partial charge in [-0.25, -0.2) is 0 Å². The highest BCUT2D eigenvalue weighted by Crippen LogP contribution is 2.18. The molecule has 0 unspecified atom stereocenters. The maximum Gasteiger partial charge on any atom is 0.255 e. The topological polar surface area (TPSA) is 50.4 Å². The van der Waals surface area contributed by atoms with Gasteiger partial charge in [0.1, 0.15) is 5.75 Å². The zero-order chi connectivity index (χ0) is 13.7. The van der Waals surface area contributed by atoms with Crippen LogP contribution in [0, 0.1) is 0 Å². The molecule has 4 nitrogen and oxygen atoms in total. The lowest BCUT2D eigenvalue weighted by molar-refractivity contribution is 0.0916. The van der Waals surface area contributed by atoms with Gasteiger partial charge >= 0.3 is 0 Å². The van der Waals surface area contributed by atoms with Gasteiger partial charge in [-0.1, -0.05) is 12.1 Å². The van der Waals surface area contributed by atoms with E-state index >= 15 is 0 Å². The van der Waals surface area contributed by atoms with Crippen LogP contribution in [0.2, 0.25) is 0 Å². The highest BCUT2D eigenvalue weighted by atomic mass is 16.5. The van der Waals surface area contributed by atoms with Crippen LogP contribution >= 0.6 is 0 Å². The molecule has 4 heteroatoms. The Labute approximate surface area is 114 Å². The van der Waals surface area contributed by atoms with Crippen LogP contribution in [0.4, 0.5) is 0 Å². The second-order valence-corrected chi connectivity index (χ2v) is 4.89. The summed E-state index contributed by atoms with van der Waals surface area (Å²) >= 11 is 0. The first-order chi connectivity index (χ1) is 9.22. The van der Waals surface area contributed by atoms with Crippen molar-refractivity contribution >= 4 is 5.91 Å². The van der Waals surface area contributed by atoms with Crippen molar-refractivity contribution in [1.29, 1.82) is 0 Å². The van der Waals surface area contributed by atoms with Crippen molar-refractivity contribution in [2.24, 2.45) is 0 Å². The molecule has 0 aromatic heterocycles. The van der Waals surface area contributed by atoms with Crippen molar-refractivity contribution in [2.45, 2.75) is 38.8 Å². The van der Waals surface area contributed by atoms with E-state index in [0.717, 1.165) is 19.4 Å². The average molecular weight is 262 g/mol. The van der Waals surface area contributed by atoms with Gasteiger partial charge in [-0.2, -0.15) is 0 Å². The van der Waals surface area contributed by atoms with Crippen molar-refractivity contribution in [2.75, 3.05) is 13.2 Å². The molecule has 1 aromatic rings. The fourth-order valence-electron chi connectivity index (χ4n) is 2.42. The minimum absolute atomic E-state index is 0.0513. The first kappa shape index (κ1) is 13.9. The number of hydrogen-bond donors (Lipinski definition) is 2. The van der Waals surface area contributed by atoms with Gasteiger partial charge < -0.3 is 15.4 Å².